The molecule has 2 aromatic carbocycles. The number of hydrogen-bond acceptors (Lipinski definition) is 8. The summed E-state index contributed by atoms with van der Waals surface area (Å²) in [4.78, 5) is 13.0. The van der Waals surface area contributed by atoms with E-state index in [1.165, 1.54) is 18.4 Å². The van der Waals surface area contributed by atoms with Crippen LogP contribution in [0, 0.1) is 0 Å². The van der Waals surface area contributed by atoms with Gasteiger partial charge >= 0.3 is 0 Å². The maximum absolute atomic E-state index is 13.0. The minimum Gasteiger partial charge on any atom is -0.497 e. The molecule has 1 N–H and O–H groups in total. The Labute approximate surface area is 191 Å². The number of methoxy groups -OCH3 is 2. The summed E-state index contributed by atoms with van der Waals surface area (Å²) in [5.41, 5.74) is 1.19. The van der Waals surface area contributed by atoms with Gasteiger partial charge in [-0.2, -0.15) is 0 Å². The molecule has 170 valence electrons. The summed E-state index contributed by atoms with van der Waals surface area (Å²) in [6, 6.07) is 12.8. The van der Waals surface area contributed by atoms with Gasteiger partial charge in [0.15, 0.2) is 0 Å². The largest absolute Gasteiger partial charge is 0.497 e. The molecule has 1 aromatic heterocycles. The first-order chi connectivity index (χ1) is 15.3. The van der Waals surface area contributed by atoms with Gasteiger partial charge in [0.1, 0.15) is 22.5 Å². The van der Waals surface area contributed by atoms with E-state index in [4.69, 9.17) is 9.47 Å². The van der Waals surface area contributed by atoms with Crippen molar-refractivity contribution in [2.45, 2.75) is 19.4 Å². The molecule has 0 aliphatic heterocycles. The predicted octanol–water partition coefficient (Wildman–Crippen LogP) is 3.41. The molecule has 0 aliphatic carbocycles. The highest BCUT2D eigenvalue weighted by molar-refractivity contribution is 7.92. The summed E-state index contributed by atoms with van der Waals surface area (Å²) in [6.45, 7) is 1.74. The molecule has 0 spiro atoms. The van der Waals surface area contributed by atoms with Crippen molar-refractivity contribution in [1.29, 1.82) is 0 Å². The lowest BCUT2D eigenvalue weighted by Gasteiger charge is -2.29. The van der Waals surface area contributed by atoms with Crippen LogP contribution in [0.1, 0.15) is 13.3 Å². The number of anilines is 2. The van der Waals surface area contributed by atoms with Crippen LogP contribution in [-0.2, 0) is 14.8 Å². The van der Waals surface area contributed by atoms with Gasteiger partial charge in [0.2, 0.25) is 21.1 Å². The fraction of sp³-hybridized carbons (Fsp3) is 0.286. The molecule has 0 saturated carbocycles. The van der Waals surface area contributed by atoms with E-state index in [2.05, 4.69) is 15.5 Å². The SMILES string of the molecule is CC[C@@H](C(=O)Nc1nnc(-c2ccc(OC)cc2)s1)N(c1ccc(OC)cc1)S(C)(=O)=O. The number of rotatable bonds is 9. The third-order valence-electron chi connectivity index (χ3n) is 4.65. The molecule has 3 aromatic rings. The second kappa shape index (κ2) is 9.96. The Morgan fingerprint density at radius 3 is 2.09 bits per heavy atom. The molecule has 1 heterocycles. The van der Waals surface area contributed by atoms with Gasteiger partial charge in [0, 0.05) is 5.56 Å². The fourth-order valence-electron chi connectivity index (χ4n) is 3.10. The predicted molar refractivity (Wildman–Crippen MR) is 125 cm³/mol. The number of nitrogens with zero attached hydrogens (tertiary/aromatic N) is 3. The first kappa shape index (κ1) is 23.5. The minimum atomic E-state index is -3.74. The Morgan fingerprint density at radius 2 is 1.59 bits per heavy atom. The van der Waals surface area contributed by atoms with Gasteiger partial charge < -0.3 is 9.47 Å². The van der Waals surface area contributed by atoms with Crippen molar-refractivity contribution < 1.29 is 22.7 Å². The number of aromatic nitrogens is 2. The number of carbonyl (C=O) groups excluding carboxylic acids is 1. The normalized spacial score (nSPS) is 12.1. The molecular formula is C21H24N4O5S2. The van der Waals surface area contributed by atoms with Gasteiger partial charge in [-0.1, -0.05) is 18.3 Å². The Hall–Kier alpha value is -3.18. The molecule has 0 saturated heterocycles. The molecule has 32 heavy (non-hydrogen) atoms. The molecule has 0 radical (unpaired) electrons. The van der Waals surface area contributed by atoms with Crippen LogP contribution in [-0.4, -0.2) is 51.0 Å². The van der Waals surface area contributed by atoms with Crippen molar-refractivity contribution in [3.05, 3.63) is 48.5 Å². The molecule has 9 nitrogen and oxygen atoms in total. The summed E-state index contributed by atoms with van der Waals surface area (Å²) < 4.78 is 36.5. The number of ether oxygens (including phenoxy) is 2. The van der Waals surface area contributed by atoms with Crippen LogP contribution in [0.5, 0.6) is 11.5 Å². The molecule has 1 amide bonds. The summed E-state index contributed by atoms with van der Waals surface area (Å²) >= 11 is 1.20. The van der Waals surface area contributed by atoms with Crippen molar-refractivity contribution in [1.82, 2.24) is 10.2 Å². The van der Waals surface area contributed by atoms with Crippen molar-refractivity contribution in [2.75, 3.05) is 30.1 Å². The Morgan fingerprint density at radius 1 is 1.03 bits per heavy atom. The van der Waals surface area contributed by atoms with Gasteiger partial charge in [-0.05, 0) is 55.0 Å². The first-order valence-corrected chi connectivity index (χ1v) is 12.4. The monoisotopic (exact) mass is 476 g/mol. The highest BCUT2D eigenvalue weighted by atomic mass is 32.2. The van der Waals surface area contributed by atoms with Crippen LogP contribution in [0.2, 0.25) is 0 Å². The number of carbonyl (C=O) groups is 1. The summed E-state index contributed by atoms with van der Waals surface area (Å²) in [7, 11) is -0.635. The van der Waals surface area contributed by atoms with Gasteiger partial charge in [-0.15, -0.1) is 10.2 Å². The Kier molecular flexibility index (Phi) is 7.31. The van der Waals surface area contributed by atoms with Crippen LogP contribution in [0.25, 0.3) is 10.6 Å². The molecule has 11 heteroatoms. The minimum absolute atomic E-state index is 0.259. The molecule has 0 aliphatic rings. The lowest BCUT2D eigenvalue weighted by atomic mass is 10.2. The van der Waals surface area contributed by atoms with E-state index in [0.717, 1.165) is 21.9 Å². The highest BCUT2D eigenvalue weighted by Gasteiger charge is 2.32. The summed E-state index contributed by atoms with van der Waals surface area (Å²) in [6.07, 6.45) is 1.33. The maximum Gasteiger partial charge on any atom is 0.250 e. The van der Waals surface area contributed by atoms with Crippen LogP contribution in [0.4, 0.5) is 10.8 Å². The number of sulfonamides is 1. The average Bonchev–Trinajstić information content (AvgIpc) is 3.25. The van der Waals surface area contributed by atoms with Crippen molar-refractivity contribution >= 4 is 38.1 Å². The van der Waals surface area contributed by atoms with Gasteiger partial charge in [0.05, 0.1) is 26.2 Å². The second-order valence-corrected chi connectivity index (χ2v) is 9.65. The topological polar surface area (TPSA) is 111 Å². The maximum atomic E-state index is 13.0. The van der Waals surface area contributed by atoms with Crippen molar-refractivity contribution in [3.8, 4) is 22.1 Å². The van der Waals surface area contributed by atoms with E-state index < -0.39 is 22.0 Å². The molecular weight excluding hydrogens is 452 g/mol. The fourth-order valence-corrected chi connectivity index (χ4v) is 5.07. The Bertz CT molecular complexity index is 1160. The van der Waals surface area contributed by atoms with Crippen LogP contribution in [0.15, 0.2) is 48.5 Å². The number of amides is 1. The Balaban J connectivity index is 1.82. The first-order valence-electron chi connectivity index (χ1n) is 9.69. The van der Waals surface area contributed by atoms with E-state index in [1.807, 2.05) is 12.1 Å². The second-order valence-electron chi connectivity index (χ2n) is 6.81. The molecule has 3 rings (SSSR count). The van der Waals surface area contributed by atoms with Crippen molar-refractivity contribution in [2.24, 2.45) is 0 Å². The standard InChI is InChI=1S/C21H24N4O5S2/c1-5-18(25(32(4,27)28)15-8-12-17(30-3)13-9-15)19(26)22-21-24-23-20(31-21)14-6-10-16(29-2)11-7-14/h6-13,18H,5H2,1-4H3,(H,22,24,26)/t18-/m0/s1. The van der Waals surface area contributed by atoms with E-state index in [-0.39, 0.29) is 11.6 Å². The zero-order chi connectivity index (χ0) is 23.3. The van der Waals surface area contributed by atoms with Crippen molar-refractivity contribution in [3.63, 3.8) is 0 Å². The lowest BCUT2D eigenvalue weighted by Crippen LogP contribution is -2.46. The van der Waals surface area contributed by atoms with Crippen LogP contribution in [0.3, 0.4) is 0 Å². The van der Waals surface area contributed by atoms with Gasteiger partial charge in [-0.3, -0.25) is 14.4 Å². The highest BCUT2D eigenvalue weighted by Crippen LogP contribution is 2.29. The average molecular weight is 477 g/mol. The third-order valence-corrected chi connectivity index (χ3v) is 6.72. The zero-order valence-corrected chi connectivity index (χ0v) is 19.7. The number of benzene rings is 2. The van der Waals surface area contributed by atoms with Crippen LogP contribution >= 0.6 is 11.3 Å². The van der Waals surface area contributed by atoms with E-state index in [9.17, 15) is 13.2 Å². The van der Waals surface area contributed by atoms with Gasteiger partial charge in [-0.25, -0.2) is 8.42 Å². The van der Waals surface area contributed by atoms with Crippen LogP contribution < -0.4 is 19.1 Å². The summed E-state index contributed by atoms with van der Waals surface area (Å²) in [5, 5.41) is 11.7. The van der Waals surface area contributed by atoms with E-state index in [1.54, 1.807) is 50.4 Å². The van der Waals surface area contributed by atoms with E-state index >= 15 is 0 Å². The third kappa shape index (κ3) is 5.35. The smallest absolute Gasteiger partial charge is 0.250 e. The molecule has 1 atom stereocenters. The zero-order valence-electron chi connectivity index (χ0n) is 18.1. The van der Waals surface area contributed by atoms with Gasteiger partial charge in [0.25, 0.3) is 0 Å². The lowest BCUT2D eigenvalue weighted by molar-refractivity contribution is -0.117. The summed E-state index contributed by atoms with van der Waals surface area (Å²) in [5.74, 6) is 0.808. The molecule has 0 fully saturated rings. The van der Waals surface area contributed by atoms with E-state index in [0.29, 0.717) is 16.4 Å². The molecule has 0 unspecified atom stereocenters. The molecule has 0 bridgehead atoms. The number of hydrogen-bond donors (Lipinski definition) is 1. The number of nitrogens with one attached hydrogen (secondary N) is 1. The quantitative estimate of drug-likeness (QED) is 0.504.